The lowest BCUT2D eigenvalue weighted by Crippen LogP contribution is -2.00. The highest BCUT2D eigenvalue weighted by Crippen LogP contribution is 2.04. The lowest BCUT2D eigenvalue weighted by Gasteiger charge is -1.97. The first-order valence-corrected chi connectivity index (χ1v) is 3.44. The van der Waals surface area contributed by atoms with E-state index in [2.05, 4.69) is 0 Å². The molecule has 0 aromatic heterocycles. The Morgan fingerprint density at radius 3 is 2.38 bits per heavy atom. The Bertz CT molecular complexity index is 82.5. The van der Waals surface area contributed by atoms with Gasteiger partial charge in [0.15, 0.2) is 0 Å². The molecule has 0 amide bonds. The Morgan fingerprint density at radius 2 is 2.25 bits per heavy atom. The lowest BCUT2D eigenvalue weighted by molar-refractivity contribution is -0.111. The Balaban J connectivity index is 3.25. The topological polar surface area (TPSA) is 43.1 Å². The van der Waals surface area contributed by atoms with Crippen LogP contribution in [0.5, 0.6) is 0 Å². The molecule has 0 bridgehead atoms. The average molecular weight is 133 g/mol. The van der Waals surface area contributed by atoms with Crippen LogP contribution in [0, 0.1) is 5.92 Å². The van der Waals surface area contributed by atoms with Crippen molar-refractivity contribution in [3.8, 4) is 0 Å². The van der Waals surface area contributed by atoms with E-state index in [4.69, 9.17) is 5.14 Å². The van der Waals surface area contributed by atoms with Gasteiger partial charge in [0.1, 0.15) is 0 Å². The maximum absolute atomic E-state index is 10.5. The molecule has 2 N–H and O–H groups in total. The van der Waals surface area contributed by atoms with Gasteiger partial charge in [-0.1, -0.05) is 13.8 Å². The third kappa shape index (κ3) is 4.15. The summed E-state index contributed by atoms with van der Waals surface area (Å²) in [5.41, 5.74) is 0. The van der Waals surface area contributed by atoms with Crippen molar-refractivity contribution in [2.75, 3.05) is 0 Å². The summed E-state index contributed by atoms with van der Waals surface area (Å²) in [7, 11) is 0. The van der Waals surface area contributed by atoms with Crippen LogP contribution in [0.1, 0.15) is 20.3 Å². The molecule has 0 aromatic rings. The maximum Gasteiger partial charge on any atom is 0.203 e. The highest BCUT2D eigenvalue weighted by molar-refractivity contribution is 8.11. The van der Waals surface area contributed by atoms with Crippen LogP contribution >= 0.6 is 11.9 Å². The molecule has 0 aliphatic carbocycles. The molecule has 3 heteroatoms. The Kier molecular flexibility index (Phi) is 3.91. The molecule has 0 fully saturated rings. The molecule has 2 nitrogen and oxygen atoms in total. The van der Waals surface area contributed by atoms with Crippen LogP contribution in [0.4, 0.5) is 0 Å². The summed E-state index contributed by atoms with van der Waals surface area (Å²) in [6.07, 6.45) is 0.584. The van der Waals surface area contributed by atoms with E-state index < -0.39 is 0 Å². The zero-order chi connectivity index (χ0) is 6.57. The number of hydrogen-bond donors (Lipinski definition) is 1. The summed E-state index contributed by atoms with van der Waals surface area (Å²) < 4.78 is 0. The van der Waals surface area contributed by atoms with Gasteiger partial charge in [-0.3, -0.25) is 9.93 Å². The zero-order valence-electron chi connectivity index (χ0n) is 5.18. The molecule has 0 aliphatic heterocycles. The quantitative estimate of drug-likeness (QED) is 0.575. The molecular formula is C5H11NOS. The minimum atomic E-state index is 0.0694. The molecule has 0 rings (SSSR count). The number of rotatable bonds is 2. The SMILES string of the molecule is CC(C)CC(=O)SN. The smallest absolute Gasteiger partial charge is 0.203 e. The van der Waals surface area contributed by atoms with Crippen molar-refractivity contribution in [3.63, 3.8) is 0 Å². The van der Waals surface area contributed by atoms with Crippen molar-refractivity contribution in [2.24, 2.45) is 11.1 Å². The van der Waals surface area contributed by atoms with Gasteiger partial charge in [0.05, 0.1) is 0 Å². The number of carbonyl (C=O) groups excluding carboxylic acids is 1. The molecule has 0 heterocycles. The summed E-state index contributed by atoms with van der Waals surface area (Å²) in [4.78, 5) is 10.5. The molecule has 0 radical (unpaired) electrons. The summed E-state index contributed by atoms with van der Waals surface area (Å²) >= 11 is 0.814. The van der Waals surface area contributed by atoms with Crippen LogP contribution in [0.25, 0.3) is 0 Å². The van der Waals surface area contributed by atoms with Gasteiger partial charge in [0.2, 0.25) is 5.12 Å². The summed E-state index contributed by atoms with van der Waals surface area (Å²) in [5.74, 6) is 0.429. The molecule has 0 aliphatic rings. The third-order valence-corrected chi connectivity index (χ3v) is 1.14. The van der Waals surface area contributed by atoms with Gasteiger partial charge >= 0.3 is 0 Å². The second-order valence-corrected chi connectivity index (χ2v) is 2.78. The fourth-order valence-corrected chi connectivity index (χ4v) is 0.811. The second kappa shape index (κ2) is 3.92. The maximum atomic E-state index is 10.5. The fourth-order valence-electron chi connectivity index (χ4n) is 0.381. The molecule has 0 aromatic carbocycles. The monoisotopic (exact) mass is 133 g/mol. The minimum absolute atomic E-state index is 0.0694. The van der Waals surface area contributed by atoms with E-state index >= 15 is 0 Å². The lowest BCUT2D eigenvalue weighted by atomic mass is 10.2. The Morgan fingerprint density at radius 1 is 1.75 bits per heavy atom. The molecule has 8 heavy (non-hydrogen) atoms. The van der Waals surface area contributed by atoms with E-state index in [1.165, 1.54) is 0 Å². The summed E-state index contributed by atoms with van der Waals surface area (Å²) in [6.45, 7) is 3.99. The van der Waals surface area contributed by atoms with Gasteiger partial charge < -0.3 is 0 Å². The largest absolute Gasteiger partial charge is 0.286 e. The molecule has 0 saturated heterocycles. The van der Waals surface area contributed by atoms with Crippen molar-refractivity contribution in [1.82, 2.24) is 0 Å². The van der Waals surface area contributed by atoms with Gasteiger partial charge in [-0.05, 0) is 17.9 Å². The fraction of sp³-hybridized carbons (Fsp3) is 0.800. The van der Waals surface area contributed by atoms with Crippen molar-refractivity contribution < 1.29 is 4.79 Å². The molecular weight excluding hydrogens is 122 g/mol. The average Bonchev–Trinajstić information content (AvgIpc) is 1.65. The Labute approximate surface area is 54.0 Å². The van der Waals surface area contributed by atoms with Crippen molar-refractivity contribution in [3.05, 3.63) is 0 Å². The van der Waals surface area contributed by atoms with Crippen molar-refractivity contribution in [1.29, 1.82) is 0 Å². The Hall–Kier alpha value is -0.0200. The summed E-state index contributed by atoms with van der Waals surface area (Å²) in [6, 6.07) is 0. The predicted octanol–water partition coefficient (Wildman–Crippen LogP) is 1.17. The van der Waals surface area contributed by atoms with Gasteiger partial charge in [0, 0.05) is 6.42 Å². The zero-order valence-corrected chi connectivity index (χ0v) is 5.99. The minimum Gasteiger partial charge on any atom is -0.286 e. The first-order valence-electron chi connectivity index (χ1n) is 2.56. The second-order valence-electron chi connectivity index (χ2n) is 2.09. The molecule has 0 atom stereocenters. The van der Waals surface area contributed by atoms with Gasteiger partial charge in [-0.15, -0.1) is 0 Å². The van der Waals surface area contributed by atoms with E-state index in [0.717, 1.165) is 11.9 Å². The molecule has 0 spiro atoms. The first kappa shape index (κ1) is 7.98. The molecule has 0 saturated carbocycles. The number of carbonyl (C=O) groups is 1. The number of hydrogen-bond acceptors (Lipinski definition) is 3. The van der Waals surface area contributed by atoms with Gasteiger partial charge in [-0.25, -0.2) is 0 Å². The van der Waals surface area contributed by atoms with E-state index in [1.807, 2.05) is 13.8 Å². The normalized spacial score (nSPS) is 10.0. The molecule has 0 unspecified atom stereocenters. The van der Waals surface area contributed by atoms with Gasteiger partial charge in [0.25, 0.3) is 0 Å². The van der Waals surface area contributed by atoms with Crippen LogP contribution in [-0.2, 0) is 4.79 Å². The van der Waals surface area contributed by atoms with Crippen LogP contribution in [0.2, 0.25) is 0 Å². The van der Waals surface area contributed by atoms with E-state index in [1.54, 1.807) is 0 Å². The predicted molar refractivity (Wildman–Crippen MR) is 36.2 cm³/mol. The highest BCUT2D eigenvalue weighted by Gasteiger charge is 2.01. The van der Waals surface area contributed by atoms with Crippen LogP contribution in [-0.4, -0.2) is 5.12 Å². The highest BCUT2D eigenvalue weighted by atomic mass is 32.2. The van der Waals surface area contributed by atoms with Crippen molar-refractivity contribution in [2.45, 2.75) is 20.3 Å². The van der Waals surface area contributed by atoms with Crippen LogP contribution < -0.4 is 5.14 Å². The van der Waals surface area contributed by atoms with Crippen molar-refractivity contribution >= 4 is 17.1 Å². The van der Waals surface area contributed by atoms with E-state index in [-0.39, 0.29) is 5.12 Å². The summed E-state index contributed by atoms with van der Waals surface area (Å²) in [5, 5.41) is 5.06. The number of nitrogens with two attached hydrogens (primary N) is 1. The third-order valence-electron chi connectivity index (χ3n) is 0.706. The molecule has 48 valence electrons. The van der Waals surface area contributed by atoms with Crippen LogP contribution in [0.3, 0.4) is 0 Å². The van der Waals surface area contributed by atoms with Gasteiger partial charge in [-0.2, -0.15) is 0 Å². The first-order chi connectivity index (χ1) is 3.66. The van der Waals surface area contributed by atoms with E-state index in [0.29, 0.717) is 12.3 Å². The van der Waals surface area contributed by atoms with E-state index in [9.17, 15) is 4.79 Å². The standard InChI is InChI=1S/C5H11NOS/c1-4(2)3-5(7)8-6/h4H,3,6H2,1-2H3. The van der Waals surface area contributed by atoms with Crippen LogP contribution in [0.15, 0.2) is 0 Å².